The molecule has 4 heteroatoms. The van der Waals surface area contributed by atoms with Gasteiger partial charge in [0.25, 0.3) is 5.91 Å². The summed E-state index contributed by atoms with van der Waals surface area (Å²) in [4.78, 5) is 14.0. The fourth-order valence-corrected chi connectivity index (χ4v) is 1.65. The predicted octanol–water partition coefficient (Wildman–Crippen LogP) is 2.50. The minimum Gasteiger partial charge on any atom is -0.397 e. The first-order valence-electron chi connectivity index (χ1n) is 6.62. The Morgan fingerprint density at radius 2 is 2.00 bits per heavy atom. The van der Waals surface area contributed by atoms with Crippen molar-refractivity contribution in [1.29, 1.82) is 0 Å². The summed E-state index contributed by atoms with van der Waals surface area (Å²) in [6, 6.07) is 5.40. The van der Waals surface area contributed by atoms with E-state index in [0.29, 0.717) is 17.8 Å². The third-order valence-corrected chi connectivity index (χ3v) is 3.46. The molecule has 0 spiro atoms. The van der Waals surface area contributed by atoms with Gasteiger partial charge in [0.05, 0.1) is 11.4 Å². The van der Waals surface area contributed by atoms with Gasteiger partial charge in [-0.05, 0) is 30.0 Å². The number of nitrogens with two attached hydrogens (primary N) is 1. The smallest absolute Gasteiger partial charge is 0.251 e. The van der Waals surface area contributed by atoms with Crippen LogP contribution in [0, 0.1) is 5.41 Å². The molecule has 0 fully saturated rings. The third kappa shape index (κ3) is 4.16. The Hall–Kier alpha value is -1.71. The number of hydrogen-bond acceptors (Lipinski definition) is 3. The highest BCUT2D eigenvalue weighted by molar-refractivity contribution is 5.96. The molecule has 0 aliphatic carbocycles. The number of hydrogen-bond donors (Lipinski definition) is 2. The average molecular weight is 263 g/mol. The zero-order valence-corrected chi connectivity index (χ0v) is 12.6. The summed E-state index contributed by atoms with van der Waals surface area (Å²) < 4.78 is 0. The lowest BCUT2D eigenvalue weighted by Gasteiger charge is -2.23. The summed E-state index contributed by atoms with van der Waals surface area (Å²) in [5.74, 6) is -0.0708. The second-order valence-electron chi connectivity index (χ2n) is 5.87. The molecule has 0 saturated carbocycles. The molecule has 0 saturated heterocycles. The molecule has 0 aromatic heterocycles. The summed E-state index contributed by atoms with van der Waals surface area (Å²) in [7, 11) is 3.85. The minimum absolute atomic E-state index is 0.0708. The number of nitrogens with one attached hydrogen (secondary N) is 1. The van der Waals surface area contributed by atoms with E-state index in [-0.39, 0.29) is 11.3 Å². The standard InChI is InChI=1S/C15H25N3O/c1-6-15(2,3)10-17-14(19)11-7-8-13(18(4)5)12(16)9-11/h7-9H,6,10,16H2,1-5H3,(H,17,19). The van der Waals surface area contributed by atoms with Crippen molar-refractivity contribution in [3.63, 3.8) is 0 Å². The van der Waals surface area contributed by atoms with Gasteiger partial charge in [-0.3, -0.25) is 4.79 Å². The number of rotatable bonds is 5. The van der Waals surface area contributed by atoms with Crippen molar-refractivity contribution in [1.82, 2.24) is 5.32 Å². The highest BCUT2D eigenvalue weighted by Gasteiger charge is 2.17. The highest BCUT2D eigenvalue weighted by Crippen LogP contribution is 2.23. The van der Waals surface area contributed by atoms with Crippen LogP contribution in [0.25, 0.3) is 0 Å². The van der Waals surface area contributed by atoms with E-state index in [0.717, 1.165) is 12.1 Å². The number of nitrogens with zero attached hydrogens (tertiary/aromatic N) is 1. The van der Waals surface area contributed by atoms with Gasteiger partial charge in [0, 0.05) is 26.2 Å². The zero-order chi connectivity index (χ0) is 14.6. The van der Waals surface area contributed by atoms with E-state index in [1.54, 1.807) is 12.1 Å². The second-order valence-corrected chi connectivity index (χ2v) is 5.87. The molecule has 19 heavy (non-hydrogen) atoms. The first-order chi connectivity index (χ1) is 8.76. The van der Waals surface area contributed by atoms with E-state index >= 15 is 0 Å². The van der Waals surface area contributed by atoms with E-state index < -0.39 is 0 Å². The molecule has 0 unspecified atom stereocenters. The van der Waals surface area contributed by atoms with Crippen LogP contribution < -0.4 is 16.0 Å². The molecule has 1 aromatic rings. The fraction of sp³-hybridized carbons (Fsp3) is 0.533. The molecule has 4 nitrogen and oxygen atoms in total. The van der Waals surface area contributed by atoms with E-state index in [2.05, 4.69) is 26.1 Å². The quantitative estimate of drug-likeness (QED) is 0.802. The lowest BCUT2D eigenvalue weighted by molar-refractivity contribution is 0.0936. The maximum absolute atomic E-state index is 12.1. The van der Waals surface area contributed by atoms with Crippen molar-refractivity contribution in [3.05, 3.63) is 23.8 Å². The van der Waals surface area contributed by atoms with Crippen LogP contribution in [0.5, 0.6) is 0 Å². The Kier molecular flexibility index (Phi) is 4.81. The van der Waals surface area contributed by atoms with Crippen LogP contribution in [0.2, 0.25) is 0 Å². The van der Waals surface area contributed by atoms with Crippen molar-refractivity contribution in [2.24, 2.45) is 5.41 Å². The Bertz CT molecular complexity index is 453. The van der Waals surface area contributed by atoms with E-state index in [1.165, 1.54) is 0 Å². The summed E-state index contributed by atoms with van der Waals surface area (Å²) >= 11 is 0. The second kappa shape index (κ2) is 5.95. The third-order valence-electron chi connectivity index (χ3n) is 3.46. The Morgan fingerprint density at radius 1 is 1.37 bits per heavy atom. The molecule has 0 aliphatic rings. The maximum Gasteiger partial charge on any atom is 0.251 e. The molecule has 0 heterocycles. The van der Waals surface area contributed by atoms with Gasteiger partial charge >= 0.3 is 0 Å². The Balaban J connectivity index is 2.76. The number of anilines is 2. The molecule has 1 rings (SSSR count). The summed E-state index contributed by atoms with van der Waals surface area (Å²) in [5, 5.41) is 2.96. The molecule has 1 aromatic carbocycles. The van der Waals surface area contributed by atoms with Gasteiger partial charge in [-0.25, -0.2) is 0 Å². The van der Waals surface area contributed by atoms with Gasteiger partial charge in [0.15, 0.2) is 0 Å². The molecule has 0 radical (unpaired) electrons. The molecular weight excluding hydrogens is 238 g/mol. The summed E-state index contributed by atoms with van der Waals surface area (Å²) in [6.07, 6.45) is 1.02. The fourth-order valence-electron chi connectivity index (χ4n) is 1.65. The molecule has 3 N–H and O–H groups in total. The SMILES string of the molecule is CCC(C)(C)CNC(=O)c1ccc(N(C)C)c(N)c1. The summed E-state index contributed by atoms with van der Waals surface area (Å²) in [5.41, 5.74) is 8.21. The molecular formula is C15H25N3O. The van der Waals surface area contributed by atoms with Crippen LogP contribution in [0.4, 0.5) is 11.4 Å². The van der Waals surface area contributed by atoms with Crippen LogP contribution in [0.3, 0.4) is 0 Å². The van der Waals surface area contributed by atoms with E-state index in [9.17, 15) is 4.79 Å². The van der Waals surface area contributed by atoms with Gasteiger partial charge in [0.2, 0.25) is 0 Å². The van der Waals surface area contributed by atoms with Crippen LogP contribution in [0.1, 0.15) is 37.6 Å². The Morgan fingerprint density at radius 3 is 2.47 bits per heavy atom. The predicted molar refractivity (Wildman–Crippen MR) is 81.6 cm³/mol. The maximum atomic E-state index is 12.1. The van der Waals surface area contributed by atoms with Crippen molar-refractivity contribution in [3.8, 4) is 0 Å². The molecule has 0 atom stereocenters. The number of nitrogen functional groups attached to an aromatic ring is 1. The largest absolute Gasteiger partial charge is 0.397 e. The number of benzene rings is 1. The van der Waals surface area contributed by atoms with E-state index in [4.69, 9.17) is 5.73 Å². The Labute approximate surface area is 116 Å². The summed E-state index contributed by atoms with van der Waals surface area (Å²) in [6.45, 7) is 7.06. The zero-order valence-electron chi connectivity index (χ0n) is 12.6. The van der Waals surface area contributed by atoms with Gasteiger partial charge in [-0.2, -0.15) is 0 Å². The van der Waals surface area contributed by atoms with Crippen LogP contribution in [-0.2, 0) is 0 Å². The first kappa shape index (κ1) is 15.3. The average Bonchev–Trinajstić information content (AvgIpc) is 2.35. The van der Waals surface area contributed by atoms with Crippen LogP contribution in [-0.4, -0.2) is 26.5 Å². The normalized spacial score (nSPS) is 11.2. The van der Waals surface area contributed by atoms with E-state index in [1.807, 2.05) is 25.1 Å². The lowest BCUT2D eigenvalue weighted by Crippen LogP contribution is -2.33. The number of carbonyl (C=O) groups is 1. The van der Waals surface area contributed by atoms with Crippen molar-refractivity contribution >= 4 is 17.3 Å². The lowest BCUT2D eigenvalue weighted by atomic mass is 9.90. The number of amides is 1. The van der Waals surface area contributed by atoms with Gasteiger partial charge < -0.3 is 16.0 Å². The topological polar surface area (TPSA) is 58.4 Å². The van der Waals surface area contributed by atoms with Crippen molar-refractivity contribution in [2.45, 2.75) is 27.2 Å². The van der Waals surface area contributed by atoms with Gasteiger partial charge in [-0.15, -0.1) is 0 Å². The molecule has 1 amide bonds. The van der Waals surface area contributed by atoms with Crippen molar-refractivity contribution in [2.75, 3.05) is 31.3 Å². The minimum atomic E-state index is -0.0708. The van der Waals surface area contributed by atoms with Gasteiger partial charge in [-0.1, -0.05) is 20.8 Å². The van der Waals surface area contributed by atoms with Gasteiger partial charge in [0.1, 0.15) is 0 Å². The van der Waals surface area contributed by atoms with Crippen LogP contribution in [0.15, 0.2) is 18.2 Å². The monoisotopic (exact) mass is 263 g/mol. The molecule has 0 bridgehead atoms. The first-order valence-corrected chi connectivity index (χ1v) is 6.62. The molecule has 0 aliphatic heterocycles. The molecule has 106 valence electrons. The van der Waals surface area contributed by atoms with Crippen molar-refractivity contribution < 1.29 is 4.79 Å². The highest BCUT2D eigenvalue weighted by atomic mass is 16.1. The van der Waals surface area contributed by atoms with Crippen LogP contribution >= 0.6 is 0 Å². The number of carbonyl (C=O) groups excluding carboxylic acids is 1.